The van der Waals surface area contributed by atoms with Crippen LogP contribution in [0.2, 0.25) is 0 Å². The molecule has 1 saturated carbocycles. The zero-order valence-electron chi connectivity index (χ0n) is 11.4. The summed E-state index contributed by atoms with van der Waals surface area (Å²) in [5.41, 5.74) is 3.69. The Morgan fingerprint density at radius 3 is 2.63 bits per heavy atom. The van der Waals surface area contributed by atoms with Gasteiger partial charge in [0.1, 0.15) is 5.75 Å². The van der Waals surface area contributed by atoms with Crippen molar-refractivity contribution in [1.29, 1.82) is 0 Å². The van der Waals surface area contributed by atoms with Gasteiger partial charge >= 0.3 is 0 Å². The van der Waals surface area contributed by atoms with Gasteiger partial charge in [-0.15, -0.1) is 0 Å². The molecular formula is C15H21NO3. The fourth-order valence-corrected chi connectivity index (χ4v) is 2.10. The van der Waals surface area contributed by atoms with E-state index in [4.69, 9.17) is 9.57 Å². The first-order valence-corrected chi connectivity index (χ1v) is 6.88. The van der Waals surface area contributed by atoms with Crippen molar-refractivity contribution in [2.24, 2.45) is 0 Å². The first-order chi connectivity index (χ1) is 9.24. The predicted octanol–water partition coefficient (Wildman–Crippen LogP) is 2.75. The van der Waals surface area contributed by atoms with E-state index in [1.165, 1.54) is 18.4 Å². The molecule has 1 aliphatic rings. The molecule has 1 aromatic carbocycles. The molecule has 0 atom stereocenters. The second-order valence-corrected chi connectivity index (χ2v) is 4.96. The smallest absolute Gasteiger partial charge is 0.246 e. The number of nitrogens with one attached hydrogen (secondary N) is 1. The lowest BCUT2D eigenvalue weighted by molar-refractivity contribution is -0.138. The molecule has 1 aromatic rings. The zero-order valence-corrected chi connectivity index (χ0v) is 11.4. The third-order valence-corrected chi connectivity index (χ3v) is 3.26. The summed E-state index contributed by atoms with van der Waals surface area (Å²) in [6.45, 7) is 2.39. The summed E-state index contributed by atoms with van der Waals surface area (Å²) in [6.07, 6.45) is 4.97. The molecule has 1 fully saturated rings. The summed E-state index contributed by atoms with van der Waals surface area (Å²) in [4.78, 5) is 16.9. The number of hydroxylamine groups is 1. The number of ether oxygens (including phenoxy) is 1. The minimum absolute atomic E-state index is 0.126. The molecule has 4 heteroatoms. The normalized spacial score (nSPS) is 15.4. The summed E-state index contributed by atoms with van der Waals surface area (Å²) in [5, 5.41) is 0. The molecule has 0 heterocycles. The second kappa shape index (κ2) is 7.14. The van der Waals surface area contributed by atoms with Gasteiger partial charge in [0.15, 0.2) is 0 Å². The molecule has 1 aliphatic carbocycles. The minimum atomic E-state index is -0.126. The molecule has 4 nitrogen and oxygen atoms in total. The predicted molar refractivity (Wildman–Crippen MR) is 72.8 cm³/mol. The number of carbonyl (C=O) groups is 1. The molecule has 0 unspecified atom stereocenters. The van der Waals surface area contributed by atoms with Crippen LogP contribution in [0.4, 0.5) is 0 Å². The summed E-state index contributed by atoms with van der Waals surface area (Å²) in [6, 6.07) is 7.78. The molecule has 19 heavy (non-hydrogen) atoms. The van der Waals surface area contributed by atoms with Crippen LogP contribution < -0.4 is 10.2 Å². The van der Waals surface area contributed by atoms with Crippen molar-refractivity contribution in [1.82, 2.24) is 5.48 Å². The van der Waals surface area contributed by atoms with E-state index < -0.39 is 0 Å². The summed E-state index contributed by atoms with van der Waals surface area (Å²) in [7, 11) is 0. The lowest BCUT2D eigenvalue weighted by Gasteiger charge is -2.11. The Kier molecular flexibility index (Phi) is 5.21. The summed E-state index contributed by atoms with van der Waals surface area (Å²) < 4.78 is 5.49. The molecule has 0 aliphatic heterocycles. The first kappa shape index (κ1) is 13.9. The maximum atomic E-state index is 11.5. The molecule has 0 bridgehead atoms. The molecule has 0 saturated heterocycles. The van der Waals surface area contributed by atoms with Crippen LogP contribution in [0.3, 0.4) is 0 Å². The van der Waals surface area contributed by atoms with Crippen LogP contribution in [0.5, 0.6) is 5.75 Å². The molecule has 1 N–H and O–H groups in total. The Labute approximate surface area is 114 Å². The van der Waals surface area contributed by atoms with E-state index in [-0.39, 0.29) is 12.0 Å². The van der Waals surface area contributed by atoms with Crippen LogP contribution in [-0.4, -0.2) is 18.6 Å². The van der Waals surface area contributed by atoms with Crippen molar-refractivity contribution in [2.75, 3.05) is 6.61 Å². The Morgan fingerprint density at radius 1 is 1.26 bits per heavy atom. The van der Waals surface area contributed by atoms with Crippen LogP contribution in [0, 0.1) is 6.92 Å². The number of hydrogen-bond acceptors (Lipinski definition) is 3. The molecule has 2 rings (SSSR count). The number of hydrogen-bond donors (Lipinski definition) is 1. The number of aryl methyl sites for hydroxylation is 1. The molecule has 0 spiro atoms. The van der Waals surface area contributed by atoms with Crippen molar-refractivity contribution in [3.05, 3.63) is 29.8 Å². The Balaban J connectivity index is 1.59. The quantitative estimate of drug-likeness (QED) is 0.803. The maximum Gasteiger partial charge on any atom is 0.246 e. The van der Waals surface area contributed by atoms with Crippen molar-refractivity contribution >= 4 is 5.91 Å². The van der Waals surface area contributed by atoms with E-state index in [1.807, 2.05) is 31.2 Å². The minimum Gasteiger partial charge on any atom is -0.493 e. The maximum absolute atomic E-state index is 11.5. The van der Waals surface area contributed by atoms with Crippen molar-refractivity contribution in [3.63, 3.8) is 0 Å². The van der Waals surface area contributed by atoms with Crippen LogP contribution in [0.15, 0.2) is 24.3 Å². The van der Waals surface area contributed by atoms with Crippen LogP contribution in [-0.2, 0) is 9.63 Å². The number of rotatable bonds is 6. The summed E-state index contributed by atoms with van der Waals surface area (Å²) in [5.74, 6) is 0.661. The SMILES string of the molecule is Cc1ccc(OCCC(=O)NOC2CCCC2)cc1. The largest absolute Gasteiger partial charge is 0.493 e. The van der Waals surface area contributed by atoms with Gasteiger partial charge in [-0.3, -0.25) is 9.63 Å². The third-order valence-electron chi connectivity index (χ3n) is 3.26. The highest BCUT2D eigenvalue weighted by Gasteiger charge is 2.16. The van der Waals surface area contributed by atoms with Gasteiger partial charge in [0.05, 0.1) is 19.1 Å². The highest BCUT2D eigenvalue weighted by atomic mass is 16.7. The van der Waals surface area contributed by atoms with Crippen molar-refractivity contribution in [2.45, 2.75) is 45.1 Å². The molecular weight excluding hydrogens is 242 g/mol. The van der Waals surface area contributed by atoms with Crippen molar-refractivity contribution in [3.8, 4) is 5.75 Å². The summed E-state index contributed by atoms with van der Waals surface area (Å²) >= 11 is 0. The highest BCUT2D eigenvalue weighted by molar-refractivity contribution is 5.74. The van der Waals surface area contributed by atoms with Gasteiger partial charge in [-0.1, -0.05) is 30.5 Å². The number of amides is 1. The molecule has 1 amide bonds. The topological polar surface area (TPSA) is 47.6 Å². The van der Waals surface area contributed by atoms with Gasteiger partial charge < -0.3 is 4.74 Å². The Morgan fingerprint density at radius 2 is 1.95 bits per heavy atom. The second-order valence-electron chi connectivity index (χ2n) is 4.96. The van der Waals surface area contributed by atoms with Gasteiger partial charge in [-0.25, -0.2) is 5.48 Å². The molecule has 0 radical (unpaired) electrons. The Hall–Kier alpha value is -1.55. The lowest BCUT2D eigenvalue weighted by Crippen LogP contribution is -2.29. The number of carbonyl (C=O) groups excluding carboxylic acids is 1. The molecule has 104 valence electrons. The number of benzene rings is 1. The van der Waals surface area contributed by atoms with E-state index in [9.17, 15) is 4.79 Å². The third kappa shape index (κ3) is 4.91. The average Bonchev–Trinajstić information content (AvgIpc) is 2.92. The van der Waals surface area contributed by atoms with Crippen LogP contribution >= 0.6 is 0 Å². The first-order valence-electron chi connectivity index (χ1n) is 6.88. The van der Waals surface area contributed by atoms with Crippen molar-refractivity contribution < 1.29 is 14.4 Å². The zero-order chi connectivity index (χ0) is 13.5. The standard InChI is InChI=1S/C15H21NO3/c1-12-6-8-13(9-7-12)18-11-10-15(17)16-19-14-4-2-3-5-14/h6-9,14H,2-5,10-11H2,1H3,(H,16,17). The van der Waals surface area contributed by atoms with E-state index in [2.05, 4.69) is 5.48 Å². The monoisotopic (exact) mass is 263 g/mol. The fraction of sp³-hybridized carbons (Fsp3) is 0.533. The fourth-order valence-electron chi connectivity index (χ4n) is 2.10. The van der Waals surface area contributed by atoms with Crippen LogP contribution in [0.1, 0.15) is 37.7 Å². The van der Waals surface area contributed by atoms with Gasteiger partial charge in [0.2, 0.25) is 5.91 Å². The van der Waals surface area contributed by atoms with Gasteiger partial charge in [0.25, 0.3) is 0 Å². The van der Waals surface area contributed by atoms with E-state index in [1.54, 1.807) is 0 Å². The van der Waals surface area contributed by atoms with Gasteiger partial charge in [-0.2, -0.15) is 0 Å². The van der Waals surface area contributed by atoms with E-state index >= 15 is 0 Å². The van der Waals surface area contributed by atoms with E-state index in [0.29, 0.717) is 13.0 Å². The van der Waals surface area contributed by atoms with E-state index in [0.717, 1.165) is 18.6 Å². The lowest BCUT2D eigenvalue weighted by atomic mass is 10.2. The highest BCUT2D eigenvalue weighted by Crippen LogP contribution is 2.19. The van der Waals surface area contributed by atoms with Crippen LogP contribution in [0.25, 0.3) is 0 Å². The van der Waals surface area contributed by atoms with Gasteiger partial charge in [-0.05, 0) is 31.9 Å². The van der Waals surface area contributed by atoms with Gasteiger partial charge in [0, 0.05) is 0 Å². The Bertz CT molecular complexity index is 396. The molecule has 0 aromatic heterocycles. The average molecular weight is 263 g/mol.